The zero-order valence-electron chi connectivity index (χ0n) is 12.6. The second-order valence-corrected chi connectivity index (χ2v) is 4.81. The largest absolute Gasteiger partial charge is 0.478 e. The van der Waals surface area contributed by atoms with Gasteiger partial charge >= 0.3 is 18.1 Å². The van der Waals surface area contributed by atoms with E-state index < -0.39 is 29.2 Å². The van der Waals surface area contributed by atoms with Crippen molar-refractivity contribution in [2.24, 2.45) is 0 Å². The van der Waals surface area contributed by atoms with Gasteiger partial charge in [0.1, 0.15) is 6.07 Å². The highest BCUT2D eigenvalue weighted by atomic mass is 19.4. The van der Waals surface area contributed by atoms with Crippen molar-refractivity contribution in [2.75, 3.05) is 12.8 Å². The summed E-state index contributed by atoms with van der Waals surface area (Å²) in [4.78, 5) is 22.9. The van der Waals surface area contributed by atoms with Crippen molar-refractivity contribution in [2.45, 2.75) is 6.18 Å². The Kier molecular flexibility index (Phi) is 4.43. The third kappa shape index (κ3) is 3.12. The van der Waals surface area contributed by atoms with Gasteiger partial charge in [0.2, 0.25) is 0 Å². The van der Waals surface area contributed by atoms with Crippen LogP contribution in [0.3, 0.4) is 0 Å². The van der Waals surface area contributed by atoms with Gasteiger partial charge in [-0.15, -0.1) is 0 Å². The Labute approximate surface area is 138 Å². The average molecular weight is 353 g/mol. The Balaban J connectivity index is 2.78. The van der Waals surface area contributed by atoms with Crippen LogP contribution in [0.1, 0.15) is 32.0 Å². The van der Waals surface area contributed by atoms with Crippen LogP contribution in [0, 0.1) is 11.3 Å². The van der Waals surface area contributed by atoms with Crippen LogP contribution < -0.4 is 5.73 Å². The Morgan fingerprint density at radius 1 is 1.36 bits per heavy atom. The molecule has 2 aromatic rings. The van der Waals surface area contributed by atoms with Crippen LogP contribution in [0.5, 0.6) is 0 Å². The van der Waals surface area contributed by atoms with Gasteiger partial charge in [-0.3, -0.25) is 0 Å². The number of ether oxygens (including phenoxy) is 1. The van der Waals surface area contributed by atoms with Crippen molar-refractivity contribution < 1.29 is 32.6 Å². The summed E-state index contributed by atoms with van der Waals surface area (Å²) in [5, 5.41) is 17.9. The van der Waals surface area contributed by atoms with Gasteiger partial charge in [-0.1, -0.05) is 0 Å². The number of aromatic carboxylic acids is 1. The number of aromatic nitrogens is 1. The molecule has 0 unspecified atom stereocenters. The fraction of sp³-hybridized carbons (Fsp3) is 0.133. The number of esters is 1. The minimum absolute atomic E-state index is 0.142. The first-order valence-electron chi connectivity index (χ1n) is 6.56. The monoisotopic (exact) mass is 353 g/mol. The van der Waals surface area contributed by atoms with Crippen molar-refractivity contribution in [3.63, 3.8) is 0 Å². The van der Waals surface area contributed by atoms with Crippen molar-refractivity contribution in [3.05, 3.63) is 46.8 Å². The number of carboxylic acid groups (broad SMARTS) is 1. The number of nitrogens with two attached hydrogens (primary N) is 1. The summed E-state index contributed by atoms with van der Waals surface area (Å²) in [6.45, 7) is 0. The Bertz CT molecular complexity index is 910. The molecule has 0 amide bonds. The molecule has 25 heavy (non-hydrogen) atoms. The zero-order chi connectivity index (χ0) is 18.9. The third-order valence-corrected chi connectivity index (χ3v) is 3.36. The highest BCUT2D eigenvalue weighted by Gasteiger charge is 2.36. The molecule has 0 fully saturated rings. The molecular weight excluding hydrogens is 343 g/mol. The number of hydrogen-bond donors (Lipinski definition) is 2. The molecule has 0 aliphatic carbocycles. The van der Waals surface area contributed by atoms with Gasteiger partial charge in [-0.2, -0.15) is 18.4 Å². The molecule has 0 radical (unpaired) electrons. The molecule has 130 valence electrons. The minimum Gasteiger partial charge on any atom is -0.478 e. The molecule has 0 aliphatic rings. The molecule has 3 N–H and O–H groups in total. The topological polar surface area (TPSA) is 118 Å². The third-order valence-electron chi connectivity index (χ3n) is 3.36. The summed E-state index contributed by atoms with van der Waals surface area (Å²) in [6.07, 6.45) is -3.87. The fourth-order valence-electron chi connectivity index (χ4n) is 2.22. The van der Waals surface area contributed by atoms with E-state index in [0.29, 0.717) is 6.07 Å². The van der Waals surface area contributed by atoms with Crippen molar-refractivity contribution in [1.82, 2.24) is 4.57 Å². The molecule has 10 heteroatoms. The van der Waals surface area contributed by atoms with Crippen LogP contribution in [-0.4, -0.2) is 28.7 Å². The zero-order valence-corrected chi connectivity index (χ0v) is 12.6. The summed E-state index contributed by atoms with van der Waals surface area (Å²) in [5.41, 5.74) is 2.38. The lowest BCUT2D eigenvalue weighted by Crippen LogP contribution is -2.15. The van der Waals surface area contributed by atoms with E-state index in [-0.39, 0.29) is 22.6 Å². The molecule has 0 atom stereocenters. The number of benzene rings is 1. The first kappa shape index (κ1) is 17.9. The Hall–Kier alpha value is -3.48. The first-order chi connectivity index (χ1) is 11.6. The van der Waals surface area contributed by atoms with Crippen LogP contribution >= 0.6 is 0 Å². The number of alkyl halides is 3. The maximum Gasteiger partial charge on any atom is 0.417 e. The molecule has 0 aliphatic heterocycles. The van der Waals surface area contributed by atoms with Gasteiger partial charge in [0.15, 0.2) is 5.69 Å². The predicted molar refractivity (Wildman–Crippen MR) is 78.2 cm³/mol. The molecule has 0 spiro atoms. The van der Waals surface area contributed by atoms with E-state index in [2.05, 4.69) is 4.74 Å². The molecule has 1 aromatic carbocycles. The lowest BCUT2D eigenvalue weighted by atomic mass is 10.1. The molecule has 0 saturated carbocycles. The van der Waals surface area contributed by atoms with Gasteiger partial charge in [0.05, 0.1) is 29.5 Å². The van der Waals surface area contributed by atoms with Gasteiger partial charge in [-0.25, -0.2) is 9.59 Å². The van der Waals surface area contributed by atoms with Gasteiger partial charge in [0, 0.05) is 11.9 Å². The number of carboxylic acids is 1. The second kappa shape index (κ2) is 6.20. The molecule has 1 aromatic heterocycles. The molecule has 2 rings (SSSR count). The van der Waals surface area contributed by atoms with Crippen LogP contribution in [0.15, 0.2) is 24.4 Å². The van der Waals surface area contributed by atoms with Crippen LogP contribution in [0.25, 0.3) is 5.69 Å². The lowest BCUT2D eigenvalue weighted by Gasteiger charge is -2.14. The molecule has 0 saturated heterocycles. The number of nitrogens with zero attached hydrogens (tertiary/aromatic N) is 2. The average Bonchev–Trinajstić information content (AvgIpc) is 2.89. The smallest absolute Gasteiger partial charge is 0.417 e. The van der Waals surface area contributed by atoms with Crippen LogP contribution in [0.2, 0.25) is 0 Å². The molecule has 1 heterocycles. The number of carbonyl (C=O) groups is 2. The highest BCUT2D eigenvalue weighted by molar-refractivity contribution is 5.96. The summed E-state index contributed by atoms with van der Waals surface area (Å²) in [6, 6.07) is 4.08. The second-order valence-electron chi connectivity index (χ2n) is 4.81. The van der Waals surface area contributed by atoms with E-state index in [1.807, 2.05) is 0 Å². The molecule has 7 nitrogen and oxygen atoms in total. The number of rotatable bonds is 3. The van der Waals surface area contributed by atoms with Gasteiger partial charge in [0.25, 0.3) is 0 Å². The standard InChI is InChI=1S/C15H10F3N3O4/c1-25-14(24)12-11(20)7(5-19)6-21(12)8-2-3-9(13(22)23)10(4-8)15(16,17)18/h2-4,6H,20H2,1H3,(H,22,23). The number of halogens is 3. The number of carbonyl (C=O) groups excluding carboxylic acids is 1. The maximum atomic E-state index is 13.1. The van der Waals surface area contributed by atoms with Crippen LogP contribution in [-0.2, 0) is 10.9 Å². The van der Waals surface area contributed by atoms with E-state index in [4.69, 9.17) is 16.1 Å². The first-order valence-corrected chi connectivity index (χ1v) is 6.56. The Morgan fingerprint density at radius 2 is 2.00 bits per heavy atom. The van der Waals surface area contributed by atoms with Crippen molar-refractivity contribution in [1.29, 1.82) is 5.26 Å². The van der Waals surface area contributed by atoms with Gasteiger partial charge in [-0.05, 0) is 18.2 Å². The van der Waals surface area contributed by atoms with Crippen molar-refractivity contribution >= 4 is 17.6 Å². The van der Waals surface area contributed by atoms with Crippen molar-refractivity contribution in [3.8, 4) is 11.8 Å². The number of methoxy groups -OCH3 is 1. The Morgan fingerprint density at radius 3 is 2.48 bits per heavy atom. The summed E-state index contributed by atoms with van der Waals surface area (Å²) in [5.74, 6) is -2.72. The fourth-order valence-corrected chi connectivity index (χ4v) is 2.22. The van der Waals surface area contributed by atoms with Gasteiger partial charge < -0.3 is 20.1 Å². The maximum absolute atomic E-state index is 13.1. The number of nitrogen functional groups attached to an aromatic ring is 1. The van der Waals surface area contributed by atoms with E-state index in [0.717, 1.165) is 30.0 Å². The quantitative estimate of drug-likeness (QED) is 0.818. The highest BCUT2D eigenvalue weighted by Crippen LogP contribution is 2.34. The normalized spacial score (nSPS) is 11.0. The van der Waals surface area contributed by atoms with E-state index in [9.17, 15) is 22.8 Å². The summed E-state index contributed by atoms with van der Waals surface area (Å²) < 4.78 is 44.9. The summed E-state index contributed by atoms with van der Waals surface area (Å²) >= 11 is 0. The molecule has 0 bridgehead atoms. The SMILES string of the molecule is COC(=O)c1c(N)c(C#N)cn1-c1ccc(C(=O)O)c(C(F)(F)F)c1. The lowest BCUT2D eigenvalue weighted by molar-refractivity contribution is -0.138. The number of nitriles is 1. The molecular formula is C15H10F3N3O4. The van der Waals surface area contributed by atoms with Crippen LogP contribution in [0.4, 0.5) is 18.9 Å². The van der Waals surface area contributed by atoms with E-state index in [1.54, 1.807) is 6.07 Å². The summed E-state index contributed by atoms with van der Waals surface area (Å²) in [7, 11) is 1.04. The minimum atomic E-state index is -4.94. The van der Waals surface area contributed by atoms with E-state index in [1.165, 1.54) is 0 Å². The number of hydrogen-bond acceptors (Lipinski definition) is 5. The predicted octanol–water partition coefficient (Wildman–Crippen LogP) is 2.43. The van der Waals surface area contributed by atoms with E-state index >= 15 is 0 Å². The number of anilines is 1.